The second kappa shape index (κ2) is 4.77. The third-order valence-electron chi connectivity index (χ3n) is 2.55. The molecular formula is C13H10N4O2. The van der Waals surface area contributed by atoms with Crippen LogP contribution in [-0.4, -0.2) is 21.3 Å². The molecule has 3 rings (SSSR count). The van der Waals surface area contributed by atoms with Crippen molar-refractivity contribution in [3.8, 4) is 11.3 Å². The Morgan fingerprint density at radius 1 is 1.21 bits per heavy atom. The summed E-state index contributed by atoms with van der Waals surface area (Å²) in [4.78, 5) is 11.9. The van der Waals surface area contributed by atoms with Crippen LogP contribution >= 0.6 is 0 Å². The van der Waals surface area contributed by atoms with Crippen molar-refractivity contribution in [2.45, 2.75) is 0 Å². The number of nitrogens with one attached hydrogen (secondary N) is 2. The average molecular weight is 254 g/mol. The first kappa shape index (κ1) is 11.2. The molecular weight excluding hydrogens is 244 g/mol. The van der Waals surface area contributed by atoms with Crippen LogP contribution in [0, 0.1) is 0 Å². The van der Waals surface area contributed by atoms with Crippen molar-refractivity contribution in [2.24, 2.45) is 0 Å². The molecule has 1 aromatic carbocycles. The number of rotatable bonds is 3. The van der Waals surface area contributed by atoms with Gasteiger partial charge in [-0.3, -0.25) is 9.89 Å². The van der Waals surface area contributed by atoms with Crippen molar-refractivity contribution in [1.29, 1.82) is 0 Å². The summed E-state index contributed by atoms with van der Waals surface area (Å²) < 4.78 is 5.15. The molecule has 6 heteroatoms. The number of nitrogens with zero attached hydrogens (tertiary/aromatic N) is 2. The number of aromatic nitrogens is 3. The second-order valence-corrected chi connectivity index (χ2v) is 3.87. The Balaban J connectivity index is 1.80. The van der Waals surface area contributed by atoms with Crippen molar-refractivity contribution in [3.05, 3.63) is 54.4 Å². The molecule has 0 saturated heterocycles. The Morgan fingerprint density at radius 3 is 2.79 bits per heavy atom. The van der Waals surface area contributed by atoms with Crippen LogP contribution in [0.4, 0.5) is 5.82 Å². The first-order chi connectivity index (χ1) is 9.33. The van der Waals surface area contributed by atoms with Gasteiger partial charge in [-0.15, -0.1) is 0 Å². The minimum Gasteiger partial charge on any atom is -0.355 e. The van der Waals surface area contributed by atoms with E-state index in [0.717, 1.165) is 5.56 Å². The molecule has 6 nitrogen and oxygen atoms in total. The Labute approximate surface area is 108 Å². The smallest absolute Gasteiger partial charge is 0.279 e. The minimum atomic E-state index is -0.352. The standard InChI is InChI=1S/C13H10N4O2/c18-13(15-12-6-7-14-16-12)10-8-11(19-17-10)9-4-2-1-3-5-9/h1-8H,(H2,14,15,16,18). The molecule has 2 N–H and O–H groups in total. The molecule has 3 aromatic rings. The van der Waals surface area contributed by atoms with E-state index in [0.29, 0.717) is 11.6 Å². The zero-order valence-electron chi connectivity index (χ0n) is 9.83. The van der Waals surface area contributed by atoms with E-state index in [-0.39, 0.29) is 11.6 Å². The van der Waals surface area contributed by atoms with E-state index in [2.05, 4.69) is 20.7 Å². The highest BCUT2D eigenvalue weighted by molar-refractivity contribution is 6.02. The maximum Gasteiger partial charge on any atom is 0.279 e. The van der Waals surface area contributed by atoms with Gasteiger partial charge in [0, 0.05) is 17.7 Å². The molecule has 0 aliphatic heterocycles. The molecule has 19 heavy (non-hydrogen) atoms. The van der Waals surface area contributed by atoms with E-state index in [4.69, 9.17) is 4.52 Å². The van der Waals surface area contributed by atoms with E-state index in [1.54, 1.807) is 18.3 Å². The molecule has 94 valence electrons. The Bertz CT molecular complexity index is 674. The van der Waals surface area contributed by atoms with Crippen LogP contribution in [0.25, 0.3) is 11.3 Å². The number of benzene rings is 1. The van der Waals surface area contributed by atoms with Gasteiger partial charge in [0.2, 0.25) is 0 Å². The van der Waals surface area contributed by atoms with Crippen molar-refractivity contribution in [3.63, 3.8) is 0 Å². The number of carbonyl (C=O) groups excluding carboxylic acids is 1. The van der Waals surface area contributed by atoms with Gasteiger partial charge in [0.15, 0.2) is 11.5 Å². The summed E-state index contributed by atoms with van der Waals surface area (Å²) >= 11 is 0. The fraction of sp³-hybridized carbons (Fsp3) is 0. The number of hydrogen-bond donors (Lipinski definition) is 2. The lowest BCUT2D eigenvalue weighted by Gasteiger charge is -1.96. The minimum absolute atomic E-state index is 0.216. The molecule has 0 spiro atoms. The number of amides is 1. The van der Waals surface area contributed by atoms with Gasteiger partial charge in [-0.2, -0.15) is 5.10 Å². The summed E-state index contributed by atoms with van der Waals surface area (Å²) in [6.45, 7) is 0. The van der Waals surface area contributed by atoms with Crippen LogP contribution in [0.15, 0.2) is 53.2 Å². The summed E-state index contributed by atoms with van der Waals surface area (Å²) in [6.07, 6.45) is 1.55. The Morgan fingerprint density at radius 2 is 2.05 bits per heavy atom. The molecule has 0 saturated carbocycles. The Kier molecular flexibility index (Phi) is 2.82. The van der Waals surface area contributed by atoms with Crippen molar-refractivity contribution >= 4 is 11.7 Å². The lowest BCUT2D eigenvalue weighted by molar-refractivity contribution is 0.101. The molecule has 0 bridgehead atoms. The second-order valence-electron chi connectivity index (χ2n) is 3.87. The highest BCUT2D eigenvalue weighted by atomic mass is 16.5. The number of carbonyl (C=O) groups is 1. The first-order valence-corrected chi connectivity index (χ1v) is 5.66. The normalized spacial score (nSPS) is 10.3. The summed E-state index contributed by atoms with van der Waals surface area (Å²) in [7, 11) is 0. The molecule has 2 aromatic heterocycles. The van der Waals surface area contributed by atoms with Crippen LogP contribution in [-0.2, 0) is 0 Å². The average Bonchev–Trinajstić information content (AvgIpc) is 3.10. The lowest BCUT2D eigenvalue weighted by atomic mass is 10.1. The zero-order chi connectivity index (χ0) is 13.1. The lowest BCUT2D eigenvalue weighted by Crippen LogP contribution is -2.12. The van der Waals surface area contributed by atoms with Gasteiger partial charge in [0.05, 0.1) is 6.20 Å². The van der Waals surface area contributed by atoms with E-state index >= 15 is 0 Å². The van der Waals surface area contributed by atoms with Gasteiger partial charge in [0.25, 0.3) is 5.91 Å². The monoisotopic (exact) mass is 254 g/mol. The summed E-state index contributed by atoms with van der Waals surface area (Å²) in [6, 6.07) is 12.7. The molecule has 0 fully saturated rings. The maximum atomic E-state index is 11.9. The van der Waals surface area contributed by atoms with E-state index < -0.39 is 0 Å². The van der Waals surface area contributed by atoms with E-state index in [1.807, 2.05) is 30.3 Å². The number of H-pyrrole nitrogens is 1. The van der Waals surface area contributed by atoms with Crippen molar-refractivity contribution in [2.75, 3.05) is 5.32 Å². The van der Waals surface area contributed by atoms with Gasteiger partial charge in [-0.25, -0.2) is 0 Å². The third kappa shape index (κ3) is 2.37. The highest BCUT2D eigenvalue weighted by Gasteiger charge is 2.14. The van der Waals surface area contributed by atoms with Gasteiger partial charge in [0.1, 0.15) is 5.82 Å². The SMILES string of the molecule is O=C(Nc1ccn[nH]1)c1cc(-c2ccccc2)on1. The van der Waals surface area contributed by atoms with Crippen LogP contribution in [0.2, 0.25) is 0 Å². The van der Waals surface area contributed by atoms with Crippen LogP contribution in [0.1, 0.15) is 10.5 Å². The fourth-order valence-corrected chi connectivity index (χ4v) is 1.63. The molecule has 1 amide bonds. The van der Waals surface area contributed by atoms with Crippen LogP contribution in [0.5, 0.6) is 0 Å². The van der Waals surface area contributed by atoms with Gasteiger partial charge in [-0.05, 0) is 0 Å². The van der Waals surface area contributed by atoms with Crippen molar-refractivity contribution in [1.82, 2.24) is 15.4 Å². The summed E-state index contributed by atoms with van der Waals surface area (Å²) in [5.41, 5.74) is 1.09. The largest absolute Gasteiger partial charge is 0.355 e. The third-order valence-corrected chi connectivity index (χ3v) is 2.55. The van der Waals surface area contributed by atoms with Gasteiger partial charge in [-0.1, -0.05) is 35.5 Å². The number of anilines is 1. The summed E-state index contributed by atoms with van der Waals surface area (Å²) in [5, 5.41) is 12.7. The van der Waals surface area contributed by atoms with Crippen LogP contribution < -0.4 is 5.32 Å². The van der Waals surface area contributed by atoms with Crippen molar-refractivity contribution < 1.29 is 9.32 Å². The predicted octanol–water partition coefficient (Wildman–Crippen LogP) is 2.32. The molecule has 0 aliphatic rings. The zero-order valence-corrected chi connectivity index (χ0v) is 9.83. The predicted molar refractivity (Wildman–Crippen MR) is 68.5 cm³/mol. The topological polar surface area (TPSA) is 83.8 Å². The molecule has 2 heterocycles. The van der Waals surface area contributed by atoms with E-state index in [9.17, 15) is 4.79 Å². The summed E-state index contributed by atoms with van der Waals surface area (Å²) in [5.74, 6) is 0.708. The molecule has 0 aliphatic carbocycles. The molecule has 0 atom stereocenters. The quantitative estimate of drug-likeness (QED) is 0.751. The Hall–Kier alpha value is -2.89. The maximum absolute atomic E-state index is 11.9. The number of hydrogen-bond acceptors (Lipinski definition) is 4. The van der Waals surface area contributed by atoms with E-state index in [1.165, 1.54) is 0 Å². The molecule has 0 radical (unpaired) electrons. The first-order valence-electron chi connectivity index (χ1n) is 5.66. The van der Waals surface area contributed by atoms with Gasteiger partial charge < -0.3 is 9.84 Å². The molecule has 0 unspecified atom stereocenters. The van der Waals surface area contributed by atoms with Gasteiger partial charge >= 0.3 is 0 Å². The fourth-order valence-electron chi connectivity index (χ4n) is 1.63. The van der Waals surface area contributed by atoms with Crippen LogP contribution in [0.3, 0.4) is 0 Å². The number of aromatic amines is 1. The highest BCUT2D eigenvalue weighted by Crippen LogP contribution is 2.20.